The number of aromatic nitrogens is 1. The molecule has 0 aliphatic carbocycles. The summed E-state index contributed by atoms with van der Waals surface area (Å²) in [6.45, 7) is 2.87. The zero-order valence-corrected chi connectivity index (χ0v) is 16.7. The highest BCUT2D eigenvalue weighted by atomic mass is 35.5. The number of nitrogens with zero attached hydrogens (tertiary/aromatic N) is 2. The van der Waals surface area contributed by atoms with Crippen molar-refractivity contribution in [1.82, 2.24) is 4.98 Å². The molecule has 7 heteroatoms. The molecule has 144 valence electrons. The van der Waals surface area contributed by atoms with Crippen LogP contribution in [0.2, 0.25) is 10.0 Å². The molecule has 1 aliphatic heterocycles. The van der Waals surface area contributed by atoms with Gasteiger partial charge in [-0.15, -0.1) is 0 Å². The standard InChI is InChI=1S/C21H18Cl2N2O3/c1-12-6-5-9-25(12)20-19(28-21(26)27)17(13-7-3-2-4-8-13)15-10-14(22)11-16(23)18(15)24-20/h2-4,7-8,10-12H,5-6,9H2,1H3,(H,26,27). The van der Waals surface area contributed by atoms with E-state index in [0.29, 0.717) is 32.3 Å². The number of pyridine rings is 1. The fourth-order valence-corrected chi connectivity index (χ4v) is 4.31. The van der Waals surface area contributed by atoms with Crippen LogP contribution >= 0.6 is 23.2 Å². The van der Waals surface area contributed by atoms with Crippen molar-refractivity contribution in [3.8, 4) is 16.9 Å². The van der Waals surface area contributed by atoms with E-state index >= 15 is 0 Å². The highest BCUT2D eigenvalue weighted by Crippen LogP contribution is 2.46. The molecule has 1 aromatic heterocycles. The number of fused-ring (bicyclic) bond motifs is 1. The molecule has 1 N–H and O–H groups in total. The Hall–Kier alpha value is -2.50. The van der Waals surface area contributed by atoms with Crippen LogP contribution in [-0.4, -0.2) is 28.8 Å². The number of rotatable bonds is 3. The topological polar surface area (TPSA) is 62.7 Å². The van der Waals surface area contributed by atoms with Crippen LogP contribution < -0.4 is 9.64 Å². The molecule has 1 saturated heterocycles. The molecule has 0 amide bonds. The van der Waals surface area contributed by atoms with Gasteiger partial charge in [-0.3, -0.25) is 0 Å². The monoisotopic (exact) mass is 416 g/mol. The molecule has 0 saturated carbocycles. The maximum Gasteiger partial charge on any atom is 0.511 e. The Morgan fingerprint density at radius 3 is 2.64 bits per heavy atom. The minimum absolute atomic E-state index is 0.207. The van der Waals surface area contributed by atoms with Gasteiger partial charge in [-0.25, -0.2) is 9.78 Å². The summed E-state index contributed by atoms with van der Waals surface area (Å²) < 4.78 is 5.31. The summed E-state index contributed by atoms with van der Waals surface area (Å²) in [6, 6.07) is 13.1. The third-order valence-corrected chi connectivity index (χ3v) is 5.53. The Bertz CT molecular complexity index is 1060. The summed E-state index contributed by atoms with van der Waals surface area (Å²) in [7, 11) is 0. The van der Waals surface area contributed by atoms with Gasteiger partial charge in [0.25, 0.3) is 0 Å². The number of ether oxygens (including phenoxy) is 1. The predicted octanol–water partition coefficient (Wildman–Crippen LogP) is 6.25. The van der Waals surface area contributed by atoms with Crippen LogP contribution in [0, 0.1) is 0 Å². The molecular formula is C21H18Cl2N2O3. The fourth-order valence-electron chi connectivity index (χ4n) is 3.78. The number of hydrogen-bond acceptors (Lipinski definition) is 4. The molecule has 0 spiro atoms. The first-order chi connectivity index (χ1) is 13.5. The summed E-state index contributed by atoms with van der Waals surface area (Å²) in [6.07, 6.45) is 0.614. The lowest BCUT2D eigenvalue weighted by atomic mass is 9.99. The van der Waals surface area contributed by atoms with Gasteiger partial charge >= 0.3 is 6.16 Å². The van der Waals surface area contributed by atoms with E-state index in [0.717, 1.165) is 24.9 Å². The second kappa shape index (κ2) is 7.49. The number of halogens is 2. The van der Waals surface area contributed by atoms with Crippen molar-refractivity contribution in [2.24, 2.45) is 0 Å². The van der Waals surface area contributed by atoms with Crippen molar-refractivity contribution in [1.29, 1.82) is 0 Å². The van der Waals surface area contributed by atoms with Crippen LogP contribution in [0.15, 0.2) is 42.5 Å². The Labute approximate surface area is 172 Å². The second-order valence-electron chi connectivity index (χ2n) is 6.84. The maximum atomic E-state index is 11.6. The Kier molecular flexibility index (Phi) is 5.04. The number of hydrogen-bond donors (Lipinski definition) is 1. The van der Waals surface area contributed by atoms with Crippen molar-refractivity contribution in [2.45, 2.75) is 25.8 Å². The average molecular weight is 417 g/mol. The van der Waals surface area contributed by atoms with E-state index in [1.807, 2.05) is 30.3 Å². The first-order valence-corrected chi connectivity index (χ1v) is 9.77. The van der Waals surface area contributed by atoms with E-state index in [4.69, 9.17) is 32.9 Å². The number of carboxylic acid groups (broad SMARTS) is 1. The molecule has 4 rings (SSSR count). The van der Waals surface area contributed by atoms with Crippen molar-refractivity contribution >= 4 is 46.1 Å². The lowest BCUT2D eigenvalue weighted by Crippen LogP contribution is -2.28. The normalized spacial score (nSPS) is 16.5. The van der Waals surface area contributed by atoms with Crippen LogP contribution in [0.25, 0.3) is 22.0 Å². The van der Waals surface area contributed by atoms with E-state index in [-0.39, 0.29) is 11.8 Å². The zero-order chi connectivity index (χ0) is 19.8. The van der Waals surface area contributed by atoms with Crippen LogP contribution in [-0.2, 0) is 0 Å². The van der Waals surface area contributed by atoms with Crippen molar-refractivity contribution in [2.75, 3.05) is 11.4 Å². The van der Waals surface area contributed by atoms with Crippen LogP contribution in [0.4, 0.5) is 10.6 Å². The average Bonchev–Trinajstić information content (AvgIpc) is 3.07. The van der Waals surface area contributed by atoms with Crippen molar-refractivity contribution in [3.63, 3.8) is 0 Å². The van der Waals surface area contributed by atoms with E-state index in [1.165, 1.54) is 0 Å². The minimum Gasteiger partial charge on any atom is -0.449 e. The van der Waals surface area contributed by atoms with Crippen LogP contribution in [0.3, 0.4) is 0 Å². The Morgan fingerprint density at radius 1 is 1.25 bits per heavy atom. The molecule has 1 atom stereocenters. The predicted molar refractivity (Wildman–Crippen MR) is 112 cm³/mol. The number of anilines is 1. The summed E-state index contributed by atoms with van der Waals surface area (Å²) in [5.74, 6) is 0.696. The van der Waals surface area contributed by atoms with Crippen molar-refractivity contribution < 1.29 is 14.6 Å². The third kappa shape index (κ3) is 3.36. The smallest absolute Gasteiger partial charge is 0.449 e. The highest BCUT2D eigenvalue weighted by molar-refractivity contribution is 6.39. The van der Waals surface area contributed by atoms with E-state index in [1.54, 1.807) is 12.1 Å². The lowest BCUT2D eigenvalue weighted by Gasteiger charge is -2.26. The van der Waals surface area contributed by atoms with Gasteiger partial charge in [0.1, 0.15) is 0 Å². The summed E-state index contributed by atoms with van der Waals surface area (Å²) in [5.41, 5.74) is 1.99. The van der Waals surface area contributed by atoms with E-state index < -0.39 is 6.16 Å². The summed E-state index contributed by atoms with van der Waals surface area (Å²) >= 11 is 12.7. The highest BCUT2D eigenvalue weighted by Gasteiger charge is 2.30. The Morgan fingerprint density at radius 2 is 2.00 bits per heavy atom. The second-order valence-corrected chi connectivity index (χ2v) is 7.69. The first-order valence-electron chi connectivity index (χ1n) is 9.01. The molecule has 0 bridgehead atoms. The lowest BCUT2D eigenvalue weighted by molar-refractivity contribution is 0.144. The molecule has 2 aromatic carbocycles. The van der Waals surface area contributed by atoms with Gasteiger partial charge < -0.3 is 14.7 Å². The zero-order valence-electron chi connectivity index (χ0n) is 15.2. The number of benzene rings is 2. The SMILES string of the molecule is CC1CCCN1c1nc2c(Cl)cc(Cl)cc2c(-c2ccccc2)c1OC(=O)O. The van der Waals surface area contributed by atoms with Gasteiger partial charge in [-0.05, 0) is 37.5 Å². The molecule has 3 aromatic rings. The largest absolute Gasteiger partial charge is 0.511 e. The van der Waals surface area contributed by atoms with Gasteiger partial charge in [0, 0.05) is 28.6 Å². The van der Waals surface area contributed by atoms with E-state index in [2.05, 4.69) is 11.8 Å². The van der Waals surface area contributed by atoms with Gasteiger partial charge in [0.15, 0.2) is 11.6 Å². The quantitative estimate of drug-likeness (QED) is 0.510. The van der Waals surface area contributed by atoms with Gasteiger partial charge in [-0.1, -0.05) is 53.5 Å². The molecule has 0 radical (unpaired) electrons. The third-order valence-electron chi connectivity index (χ3n) is 5.02. The van der Waals surface area contributed by atoms with Crippen LogP contribution in [0.5, 0.6) is 5.75 Å². The van der Waals surface area contributed by atoms with E-state index in [9.17, 15) is 9.90 Å². The first kappa shape index (κ1) is 18.8. The maximum absolute atomic E-state index is 11.6. The molecule has 1 unspecified atom stereocenters. The van der Waals surface area contributed by atoms with Gasteiger partial charge in [-0.2, -0.15) is 0 Å². The number of carbonyl (C=O) groups is 1. The van der Waals surface area contributed by atoms with Crippen LogP contribution in [0.1, 0.15) is 19.8 Å². The molecule has 28 heavy (non-hydrogen) atoms. The Balaban J connectivity index is 2.12. The summed E-state index contributed by atoms with van der Waals surface area (Å²) in [4.78, 5) is 18.4. The van der Waals surface area contributed by atoms with Gasteiger partial charge in [0.05, 0.1) is 10.5 Å². The molecule has 2 heterocycles. The molecule has 1 fully saturated rings. The summed E-state index contributed by atoms with van der Waals surface area (Å²) in [5, 5.41) is 10.9. The molecule has 5 nitrogen and oxygen atoms in total. The molecular weight excluding hydrogens is 399 g/mol. The van der Waals surface area contributed by atoms with Gasteiger partial charge in [0.2, 0.25) is 0 Å². The van der Waals surface area contributed by atoms with Crippen molar-refractivity contribution in [3.05, 3.63) is 52.5 Å². The minimum atomic E-state index is -1.39. The fraction of sp³-hybridized carbons (Fsp3) is 0.238. The molecule has 1 aliphatic rings.